The third-order valence-electron chi connectivity index (χ3n) is 5.97. The molecule has 0 bridgehead atoms. The molecule has 1 amide bonds. The molecule has 180 valence electrons. The minimum absolute atomic E-state index is 0.267. The Morgan fingerprint density at radius 3 is 2.49 bits per heavy atom. The third kappa shape index (κ3) is 4.57. The maximum Gasteiger partial charge on any atom is 0.249 e. The predicted octanol–water partition coefficient (Wildman–Crippen LogP) is 6.18. The van der Waals surface area contributed by atoms with E-state index in [0.717, 1.165) is 44.4 Å². The van der Waals surface area contributed by atoms with Crippen molar-refractivity contribution < 1.29 is 23.4 Å². The lowest BCUT2D eigenvalue weighted by Crippen LogP contribution is -2.11. The van der Waals surface area contributed by atoms with Crippen molar-refractivity contribution in [2.45, 2.75) is 20.8 Å². The molecule has 1 N–H and O–H groups in total. The average molecular weight is 473 g/mol. The number of aromatic nitrogens is 1. The third-order valence-corrected chi connectivity index (χ3v) is 5.97. The zero-order valence-corrected chi connectivity index (χ0v) is 20.7. The van der Waals surface area contributed by atoms with E-state index < -0.39 is 0 Å². The lowest BCUT2D eigenvalue weighted by Gasteiger charge is -2.14. The molecule has 7 heteroatoms. The predicted molar refractivity (Wildman–Crippen MR) is 137 cm³/mol. The summed E-state index contributed by atoms with van der Waals surface area (Å²) in [4.78, 5) is 17.0. The number of hydrogen-bond acceptors (Lipinski definition) is 6. The highest BCUT2D eigenvalue weighted by molar-refractivity contribution is 6.05. The van der Waals surface area contributed by atoms with Crippen molar-refractivity contribution >= 4 is 28.3 Å². The van der Waals surface area contributed by atoms with E-state index in [1.165, 1.54) is 0 Å². The van der Waals surface area contributed by atoms with Crippen molar-refractivity contribution in [2.75, 3.05) is 26.6 Å². The Bertz CT molecular complexity index is 1440. The quantitative estimate of drug-likeness (QED) is 0.324. The maximum atomic E-state index is 12.8. The van der Waals surface area contributed by atoms with Gasteiger partial charge in [-0.3, -0.25) is 4.79 Å². The molecule has 4 rings (SSSR count). The number of aryl methyl sites for hydroxylation is 2. The van der Waals surface area contributed by atoms with Gasteiger partial charge in [0.1, 0.15) is 17.2 Å². The van der Waals surface area contributed by atoms with Gasteiger partial charge in [-0.2, -0.15) is 0 Å². The molecule has 2 aromatic carbocycles. The largest absolute Gasteiger partial charge is 0.496 e. The van der Waals surface area contributed by atoms with Crippen LogP contribution in [0.15, 0.2) is 59.4 Å². The summed E-state index contributed by atoms with van der Waals surface area (Å²) in [6.45, 7) is 5.72. The zero-order chi connectivity index (χ0) is 25.1. The van der Waals surface area contributed by atoms with Gasteiger partial charge in [0.25, 0.3) is 0 Å². The zero-order valence-electron chi connectivity index (χ0n) is 20.7. The van der Waals surface area contributed by atoms with Crippen molar-refractivity contribution in [3.63, 3.8) is 0 Å². The summed E-state index contributed by atoms with van der Waals surface area (Å²) < 4.78 is 22.5. The number of allylic oxidation sites excluding steroid dienone is 1. The Kier molecular flexibility index (Phi) is 6.78. The molecule has 4 aromatic rings. The van der Waals surface area contributed by atoms with Gasteiger partial charge in [0.05, 0.1) is 27.6 Å². The molecule has 0 spiro atoms. The molecule has 7 nitrogen and oxygen atoms in total. The van der Waals surface area contributed by atoms with E-state index in [-0.39, 0.29) is 5.91 Å². The summed E-state index contributed by atoms with van der Waals surface area (Å²) in [6.07, 6.45) is 4.92. The van der Waals surface area contributed by atoms with Crippen molar-refractivity contribution in [1.29, 1.82) is 0 Å². The minimum Gasteiger partial charge on any atom is -0.496 e. The molecule has 35 heavy (non-hydrogen) atoms. The van der Waals surface area contributed by atoms with Crippen LogP contribution in [0.4, 0.5) is 5.82 Å². The number of hydrogen-bond donors (Lipinski definition) is 1. The first-order valence-electron chi connectivity index (χ1n) is 11.1. The second kappa shape index (κ2) is 9.93. The molecule has 0 fully saturated rings. The number of pyridine rings is 1. The Morgan fingerprint density at radius 1 is 1.03 bits per heavy atom. The number of nitrogens with one attached hydrogen (secondary N) is 1. The van der Waals surface area contributed by atoms with Crippen LogP contribution in [0.3, 0.4) is 0 Å². The van der Waals surface area contributed by atoms with Gasteiger partial charge < -0.3 is 23.9 Å². The molecule has 2 aromatic heterocycles. The number of carbonyl (C=O) groups excluding carboxylic acids is 1. The van der Waals surface area contributed by atoms with Crippen molar-refractivity contribution in [3.8, 4) is 28.4 Å². The van der Waals surface area contributed by atoms with Gasteiger partial charge in [0, 0.05) is 34.3 Å². The van der Waals surface area contributed by atoms with Gasteiger partial charge in [-0.25, -0.2) is 4.98 Å². The summed E-state index contributed by atoms with van der Waals surface area (Å²) in [6, 6.07) is 11.4. The number of methoxy groups -OCH3 is 3. The van der Waals surface area contributed by atoms with Gasteiger partial charge in [-0.15, -0.1) is 0 Å². The van der Waals surface area contributed by atoms with Gasteiger partial charge >= 0.3 is 0 Å². The molecule has 0 saturated carbocycles. The number of anilines is 1. The first-order chi connectivity index (χ1) is 16.9. The molecule has 0 aliphatic carbocycles. The highest BCUT2D eigenvalue weighted by Gasteiger charge is 2.19. The fourth-order valence-electron chi connectivity index (χ4n) is 4.14. The van der Waals surface area contributed by atoms with E-state index in [2.05, 4.69) is 10.3 Å². The first kappa shape index (κ1) is 23.9. The molecule has 0 saturated heterocycles. The van der Waals surface area contributed by atoms with Gasteiger partial charge in [-0.1, -0.05) is 12.1 Å². The van der Waals surface area contributed by atoms with Crippen LogP contribution in [-0.2, 0) is 4.79 Å². The minimum atomic E-state index is -0.267. The van der Waals surface area contributed by atoms with E-state index in [1.807, 2.05) is 57.2 Å². The molecule has 0 aliphatic heterocycles. The van der Waals surface area contributed by atoms with E-state index in [1.54, 1.807) is 39.9 Å². The van der Waals surface area contributed by atoms with Crippen LogP contribution in [0.2, 0.25) is 0 Å². The number of ether oxygens (including phenoxy) is 3. The van der Waals surface area contributed by atoms with Gasteiger partial charge in [-0.05, 0) is 61.7 Å². The number of fused-ring (bicyclic) bond motifs is 1. The molecule has 0 unspecified atom stereocenters. The van der Waals surface area contributed by atoms with Crippen LogP contribution in [0, 0.1) is 13.8 Å². The summed E-state index contributed by atoms with van der Waals surface area (Å²) in [5.41, 5.74) is 5.82. The maximum absolute atomic E-state index is 12.8. The smallest absolute Gasteiger partial charge is 0.249 e. The van der Waals surface area contributed by atoms with Gasteiger partial charge in [0.2, 0.25) is 5.91 Å². The van der Waals surface area contributed by atoms with Crippen molar-refractivity contribution in [2.24, 2.45) is 0 Å². The van der Waals surface area contributed by atoms with Crippen LogP contribution in [-0.4, -0.2) is 32.2 Å². The van der Waals surface area contributed by atoms with Gasteiger partial charge in [0.15, 0.2) is 11.5 Å². The van der Waals surface area contributed by atoms with Crippen molar-refractivity contribution in [1.82, 2.24) is 4.98 Å². The van der Waals surface area contributed by atoms with E-state index in [0.29, 0.717) is 23.1 Å². The normalized spacial score (nSPS) is 11.4. The summed E-state index contributed by atoms with van der Waals surface area (Å²) >= 11 is 0. The van der Waals surface area contributed by atoms with Crippen LogP contribution in [0.1, 0.15) is 23.6 Å². The Labute approximate surface area is 204 Å². The summed E-state index contributed by atoms with van der Waals surface area (Å²) in [5.74, 6) is 2.20. The molecule has 0 radical (unpaired) electrons. The molecule has 0 atom stereocenters. The molecule has 2 heterocycles. The second-order valence-corrected chi connectivity index (χ2v) is 8.16. The van der Waals surface area contributed by atoms with Crippen LogP contribution < -0.4 is 19.5 Å². The number of amides is 1. The SMILES string of the molecule is COc1ccc(-c2coc3c(C)c(OC)c(/C(C)=C/C(=O)Nc4ncccc4C)cc23)cc1OC. The number of rotatable bonds is 7. The number of benzene rings is 2. The van der Waals surface area contributed by atoms with Crippen LogP contribution >= 0.6 is 0 Å². The summed E-state index contributed by atoms with van der Waals surface area (Å²) in [7, 11) is 4.82. The van der Waals surface area contributed by atoms with E-state index in [4.69, 9.17) is 18.6 Å². The fraction of sp³-hybridized carbons (Fsp3) is 0.214. The van der Waals surface area contributed by atoms with Crippen LogP contribution in [0.5, 0.6) is 17.2 Å². The average Bonchev–Trinajstić information content (AvgIpc) is 3.29. The van der Waals surface area contributed by atoms with Crippen LogP contribution in [0.25, 0.3) is 27.7 Å². The molecular weight excluding hydrogens is 444 g/mol. The fourth-order valence-corrected chi connectivity index (χ4v) is 4.14. The second-order valence-electron chi connectivity index (χ2n) is 8.16. The Morgan fingerprint density at radius 2 is 1.80 bits per heavy atom. The van der Waals surface area contributed by atoms with Crippen molar-refractivity contribution in [3.05, 3.63) is 71.6 Å². The number of nitrogens with zero attached hydrogens (tertiary/aromatic N) is 1. The molecular formula is C28H28N2O5. The number of carbonyl (C=O) groups is 1. The molecule has 0 aliphatic rings. The number of furan rings is 1. The summed E-state index contributed by atoms with van der Waals surface area (Å²) in [5, 5.41) is 3.75. The lowest BCUT2D eigenvalue weighted by atomic mass is 9.96. The monoisotopic (exact) mass is 472 g/mol. The highest BCUT2D eigenvalue weighted by atomic mass is 16.5. The van der Waals surface area contributed by atoms with E-state index >= 15 is 0 Å². The van der Waals surface area contributed by atoms with E-state index in [9.17, 15) is 4.79 Å². The Hall–Kier alpha value is -4.26. The topological polar surface area (TPSA) is 82.8 Å². The first-order valence-corrected chi connectivity index (χ1v) is 11.1. The highest BCUT2D eigenvalue weighted by Crippen LogP contribution is 2.42. The lowest BCUT2D eigenvalue weighted by molar-refractivity contribution is -0.111. The standard InChI is InChI=1S/C28H28N2O5/c1-16-8-7-11-29-28(16)30-25(31)12-17(2)20-14-21-22(15-35-27(21)18(3)26(20)34-6)19-9-10-23(32-4)24(13-19)33-5/h7-15H,1-6H3,(H,29,30,31)/b17-12+. The Balaban J connectivity index is 1.79.